The lowest BCUT2D eigenvalue weighted by atomic mass is 9.62. The number of carbonyl (C=O) groups is 2. The highest BCUT2D eigenvalue weighted by molar-refractivity contribution is 6.30. The number of fused-ring (bicyclic) bond motifs is 1. The number of nitrogens with one attached hydrogen (secondary N) is 1. The van der Waals surface area contributed by atoms with E-state index in [4.69, 9.17) is 16.4 Å². The van der Waals surface area contributed by atoms with Gasteiger partial charge in [0.15, 0.2) is 5.78 Å². The van der Waals surface area contributed by atoms with Crippen LogP contribution in [0.2, 0.25) is 5.02 Å². The van der Waals surface area contributed by atoms with Gasteiger partial charge in [-0.15, -0.1) is 0 Å². The van der Waals surface area contributed by atoms with E-state index in [0.717, 1.165) is 24.1 Å². The monoisotopic (exact) mass is 341 g/mol. The minimum absolute atomic E-state index is 0.115. The Kier molecular flexibility index (Phi) is 3.77. The number of carbonyl (C=O) groups excluding carboxylic acids is 2. The van der Waals surface area contributed by atoms with Crippen molar-refractivity contribution in [1.29, 1.82) is 0 Å². The molecule has 0 aromatic heterocycles. The molecule has 3 atom stereocenters. The fourth-order valence-electron chi connectivity index (χ4n) is 3.78. The van der Waals surface area contributed by atoms with Crippen LogP contribution in [0.15, 0.2) is 59.8 Å². The molecule has 0 spiro atoms. The Labute approximate surface area is 144 Å². The van der Waals surface area contributed by atoms with Crippen LogP contribution in [0.3, 0.4) is 0 Å². The summed E-state index contributed by atoms with van der Waals surface area (Å²) in [7, 11) is 0. The van der Waals surface area contributed by atoms with Gasteiger partial charge < -0.3 is 4.84 Å². The molecule has 0 radical (unpaired) electrons. The molecule has 5 rings (SSSR count). The lowest BCUT2D eigenvalue weighted by Gasteiger charge is -2.41. The van der Waals surface area contributed by atoms with Crippen molar-refractivity contribution in [3.8, 4) is 0 Å². The molecule has 0 heterocycles. The van der Waals surface area contributed by atoms with Gasteiger partial charge in [0.05, 0.1) is 17.2 Å². The van der Waals surface area contributed by atoms with Gasteiger partial charge in [0.2, 0.25) is 0 Å². The topological polar surface area (TPSA) is 55.4 Å². The molecule has 0 aliphatic heterocycles. The van der Waals surface area contributed by atoms with Crippen molar-refractivity contribution in [3.63, 3.8) is 0 Å². The van der Waals surface area contributed by atoms with Gasteiger partial charge in [0.25, 0.3) is 0 Å². The summed E-state index contributed by atoms with van der Waals surface area (Å²) in [5.74, 6) is 0.0316. The minimum Gasteiger partial charge on any atom is -0.338 e. The normalized spacial score (nSPS) is 27.2. The molecule has 0 saturated heterocycles. The summed E-state index contributed by atoms with van der Waals surface area (Å²) in [5.41, 5.74) is 4.94. The number of hydrogen-bond donors (Lipinski definition) is 1. The average molecular weight is 342 g/mol. The fourth-order valence-corrected chi connectivity index (χ4v) is 3.90. The quantitative estimate of drug-likeness (QED) is 0.674. The predicted octanol–water partition coefficient (Wildman–Crippen LogP) is 3.61. The molecule has 1 saturated carbocycles. The minimum atomic E-state index is -0.488. The van der Waals surface area contributed by atoms with Gasteiger partial charge >= 0.3 is 5.97 Å². The molecular weight excluding hydrogens is 326 g/mol. The van der Waals surface area contributed by atoms with Gasteiger partial charge in [-0.25, -0.2) is 10.3 Å². The smallest absolute Gasteiger partial charge is 0.338 e. The number of ketones is 1. The molecule has 2 bridgehead atoms. The number of halogens is 1. The maximum absolute atomic E-state index is 12.3. The molecule has 1 fully saturated rings. The third kappa shape index (κ3) is 2.57. The highest BCUT2D eigenvalue weighted by Crippen LogP contribution is 2.47. The van der Waals surface area contributed by atoms with Crippen LogP contribution >= 0.6 is 11.6 Å². The Balaban J connectivity index is 1.54. The zero-order valence-electron chi connectivity index (χ0n) is 12.9. The molecule has 4 nitrogen and oxygen atoms in total. The predicted molar refractivity (Wildman–Crippen MR) is 90.0 cm³/mol. The summed E-state index contributed by atoms with van der Waals surface area (Å²) in [4.78, 5) is 29.6. The second-order valence-electron chi connectivity index (χ2n) is 6.31. The molecule has 4 aliphatic rings. The maximum Gasteiger partial charge on any atom is 0.362 e. The highest BCUT2D eigenvalue weighted by Gasteiger charge is 2.42. The highest BCUT2D eigenvalue weighted by atomic mass is 35.5. The standard InChI is InChI=1S/C19H16ClNO3/c20-14-7-5-13(6-8-14)19(23)24-21-15-9-10-16(22)18-12-3-1-11(2-4-12)17(15)18/h1,3,5-12,18,21H,2,4H2/t11-,12-,18-/m0/s1. The SMILES string of the molecule is O=C(ONC1=C2[C@H](C(=O)C=C1)[C@H]1C=C[C@H]2CC1)c1ccc(Cl)cc1. The Bertz CT molecular complexity index is 791. The number of rotatable bonds is 3. The molecule has 122 valence electrons. The van der Waals surface area contributed by atoms with Crippen LogP contribution in [0, 0.1) is 17.8 Å². The zero-order valence-corrected chi connectivity index (χ0v) is 13.6. The van der Waals surface area contributed by atoms with Crippen molar-refractivity contribution < 1.29 is 14.4 Å². The second-order valence-corrected chi connectivity index (χ2v) is 6.75. The first-order valence-electron chi connectivity index (χ1n) is 8.00. The Hall–Kier alpha value is -2.33. The maximum atomic E-state index is 12.3. The van der Waals surface area contributed by atoms with Crippen molar-refractivity contribution >= 4 is 23.4 Å². The van der Waals surface area contributed by atoms with Gasteiger partial charge in [-0.05, 0) is 60.8 Å². The van der Waals surface area contributed by atoms with E-state index in [0.29, 0.717) is 10.6 Å². The molecule has 0 amide bonds. The van der Waals surface area contributed by atoms with Gasteiger partial charge in [-0.2, -0.15) is 0 Å². The van der Waals surface area contributed by atoms with Gasteiger partial charge in [-0.1, -0.05) is 23.8 Å². The van der Waals surface area contributed by atoms with Crippen LogP contribution in [0.1, 0.15) is 23.2 Å². The summed E-state index contributed by atoms with van der Waals surface area (Å²) in [6, 6.07) is 6.50. The summed E-state index contributed by atoms with van der Waals surface area (Å²) in [5, 5.41) is 0.561. The van der Waals surface area contributed by atoms with Gasteiger partial charge in [-0.3, -0.25) is 4.79 Å². The van der Waals surface area contributed by atoms with Crippen LogP contribution in [0.5, 0.6) is 0 Å². The molecule has 5 heteroatoms. The first-order valence-corrected chi connectivity index (χ1v) is 8.38. The lowest BCUT2D eigenvalue weighted by molar-refractivity contribution is -0.119. The average Bonchev–Trinajstić information content (AvgIpc) is 2.62. The number of benzene rings is 1. The van der Waals surface area contributed by atoms with Crippen LogP contribution in [-0.2, 0) is 9.63 Å². The Morgan fingerprint density at radius 1 is 1.12 bits per heavy atom. The molecule has 4 aliphatic carbocycles. The van der Waals surface area contributed by atoms with Crippen LogP contribution < -0.4 is 5.48 Å². The van der Waals surface area contributed by atoms with E-state index in [9.17, 15) is 9.59 Å². The molecule has 1 aromatic carbocycles. The third-order valence-corrected chi connectivity index (χ3v) is 5.18. The first-order chi connectivity index (χ1) is 11.6. The zero-order chi connectivity index (χ0) is 16.7. The summed E-state index contributed by atoms with van der Waals surface area (Å²) in [6.45, 7) is 0. The van der Waals surface area contributed by atoms with E-state index in [1.165, 1.54) is 0 Å². The molecule has 0 unspecified atom stereocenters. The Morgan fingerprint density at radius 3 is 2.62 bits per heavy atom. The summed E-state index contributed by atoms with van der Waals surface area (Å²) in [6.07, 6.45) is 9.65. The first kappa shape index (κ1) is 15.2. The molecular formula is C19H16ClNO3. The van der Waals surface area contributed by atoms with Crippen molar-refractivity contribution in [1.82, 2.24) is 5.48 Å². The van der Waals surface area contributed by atoms with Crippen LogP contribution in [0.4, 0.5) is 0 Å². The second kappa shape index (κ2) is 5.95. The number of hydrogen-bond acceptors (Lipinski definition) is 4. The van der Waals surface area contributed by atoms with E-state index in [1.807, 2.05) is 0 Å². The summed E-state index contributed by atoms with van der Waals surface area (Å²) >= 11 is 5.82. The van der Waals surface area contributed by atoms with E-state index in [1.54, 1.807) is 36.4 Å². The van der Waals surface area contributed by atoms with E-state index in [2.05, 4.69) is 17.6 Å². The molecule has 1 N–H and O–H groups in total. The van der Waals surface area contributed by atoms with Crippen molar-refractivity contribution in [2.45, 2.75) is 12.8 Å². The van der Waals surface area contributed by atoms with Gasteiger partial charge in [0, 0.05) is 10.9 Å². The fraction of sp³-hybridized carbons (Fsp3) is 0.263. The van der Waals surface area contributed by atoms with E-state index in [-0.39, 0.29) is 23.5 Å². The summed E-state index contributed by atoms with van der Waals surface area (Å²) < 4.78 is 0. The van der Waals surface area contributed by atoms with E-state index >= 15 is 0 Å². The third-order valence-electron chi connectivity index (χ3n) is 4.93. The van der Waals surface area contributed by atoms with Crippen molar-refractivity contribution in [2.75, 3.05) is 0 Å². The Morgan fingerprint density at radius 2 is 1.92 bits per heavy atom. The molecule has 24 heavy (non-hydrogen) atoms. The van der Waals surface area contributed by atoms with Gasteiger partial charge in [0.1, 0.15) is 0 Å². The van der Waals surface area contributed by atoms with E-state index < -0.39 is 5.97 Å². The van der Waals surface area contributed by atoms with Crippen molar-refractivity contribution in [3.05, 3.63) is 70.4 Å². The van der Waals surface area contributed by atoms with Crippen LogP contribution in [0.25, 0.3) is 0 Å². The molecule has 1 aromatic rings. The lowest BCUT2D eigenvalue weighted by Crippen LogP contribution is -2.39. The number of hydroxylamine groups is 1. The largest absolute Gasteiger partial charge is 0.362 e. The van der Waals surface area contributed by atoms with Crippen LogP contribution in [-0.4, -0.2) is 11.8 Å². The number of allylic oxidation sites excluding steroid dienone is 5. The van der Waals surface area contributed by atoms with Crippen molar-refractivity contribution in [2.24, 2.45) is 17.8 Å².